The summed E-state index contributed by atoms with van der Waals surface area (Å²) in [5, 5.41) is 21.3. The number of phenolic OH excluding ortho intramolecular Hbond substituents is 1. The normalized spacial score (nSPS) is 23.5. The van der Waals surface area contributed by atoms with E-state index in [0.717, 1.165) is 107 Å². The van der Waals surface area contributed by atoms with Crippen LogP contribution in [0, 0.1) is 0 Å². The number of anilines is 4. The number of carbonyl (C=O) groups excluding carboxylic acids is 4. The lowest BCUT2D eigenvalue weighted by molar-refractivity contribution is -0.136. The monoisotopic (exact) mass is 854 g/mol. The third-order valence-corrected chi connectivity index (χ3v) is 13.9. The zero-order valence-electron chi connectivity index (χ0n) is 35.4. The van der Waals surface area contributed by atoms with E-state index in [1.54, 1.807) is 24.3 Å². The fraction of sp³-hybridized carbons (Fsp3) is 0.447. The second kappa shape index (κ2) is 17.2. The minimum Gasteiger partial charge on any atom is -0.507 e. The van der Waals surface area contributed by atoms with E-state index < -0.39 is 23.8 Å². The molecule has 3 atom stereocenters. The minimum absolute atomic E-state index is 0.0947. The predicted molar refractivity (Wildman–Crippen MR) is 238 cm³/mol. The van der Waals surface area contributed by atoms with Gasteiger partial charge < -0.3 is 30.3 Å². The molecule has 4 aromatic rings. The number of aromatic nitrogens is 2. The van der Waals surface area contributed by atoms with Crippen molar-refractivity contribution in [3.63, 3.8) is 0 Å². The molecule has 63 heavy (non-hydrogen) atoms. The molecule has 3 unspecified atom stereocenters. The van der Waals surface area contributed by atoms with E-state index >= 15 is 0 Å². The van der Waals surface area contributed by atoms with Gasteiger partial charge in [0.25, 0.3) is 11.8 Å². The molecule has 10 rings (SSSR count). The fourth-order valence-corrected chi connectivity index (χ4v) is 10.5. The Morgan fingerprint density at radius 2 is 1.46 bits per heavy atom. The topological polar surface area (TPSA) is 181 Å². The SMILES string of the molecule is Nc1nnc(-c2ccccc2O)cc1N1CC2CCC(C1)N2c1cccc(CN2CCN(CCOC3CCN(c4ccc5c(c4)C(=O)N(C4CCC(=O)NC4=O)C5=O)CC3)CC2)c1. The molecule has 16 nitrogen and oxygen atoms in total. The van der Waals surface area contributed by atoms with E-state index in [-0.39, 0.29) is 30.6 Å². The van der Waals surface area contributed by atoms with Gasteiger partial charge in [0.05, 0.1) is 35.2 Å². The van der Waals surface area contributed by atoms with Crippen LogP contribution in [-0.2, 0) is 20.9 Å². The highest BCUT2D eigenvalue weighted by Crippen LogP contribution is 2.39. The van der Waals surface area contributed by atoms with Crippen LogP contribution in [0.4, 0.5) is 22.9 Å². The van der Waals surface area contributed by atoms with Crippen molar-refractivity contribution in [3.8, 4) is 17.0 Å². The van der Waals surface area contributed by atoms with Crippen LogP contribution >= 0.6 is 0 Å². The van der Waals surface area contributed by atoms with Crippen LogP contribution in [0.15, 0.2) is 72.8 Å². The van der Waals surface area contributed by atoms with Crippen LogP contribution in [0.3, 0.4) is 0 Å². The number of carbonyl (C=O) groups is 4. The summed E-state index contributed by atoms with van der Waals surface area (Å²) in [6, 6.07) is 23.3. The summed E-state index contributed by atoms with van der Waals surface area (Å²) < 4.78 is 6.38. The Hall–Kier alpha value is -6.10. The predicted octanol–water partition coefficient (Wildman–Crippen LogP) is 3.49. The molecule has 6 aliphatic heterocycles. The molecule has 328 valence electrons. The van der Waals surface area contributed by atoms with Gasteiger partial charge in [0.1, 0.15) is 11.8 Å². The standard InChI is InChI=1S/C47H54N10O6/c48-44-41(26-39(50-51-44)37-6-1-2-7-42(37)58)55-28-33-8-9-34(29-55)56(33)32-5-3-4-30(24-32)27-53-20-18-52(19-21-53)22-23-63-35-14-16-54(17-15-35)31-10-11-36-38(25-31)47(62)57(46(36)61)40-12-13-43(59)49-45(40)60/h1-7,10-11,24-26,33-35,40,58H,8-9,12-23,27-29H2,(H2,48,51)(H,49,59,60). The molecule has 5 saturated heterocycles. The maximum absolute atomic E-state index is 13.3. The number of piperazine rings is 2. The number of imide groups is 2. The molecule has 7 heterocycles. The summed E-state index contributed by atoms with van der Waals surface area (Å²) in [5.74, 6) is -1.38. The van der Waals surface area contributed by atoms with Crippen molar-refractivity contribution in [2.75, 3.05) is 85.9 Å². The Labute approximate surface area is 366 Å². The number of nitrogens with zero attached hydrogens (tertiary/aromatic N) is 8. The summed E-state index contributed by atoms with van der Waals surface area (Å²) in [6.07, 6.45) is 4.39. The average Bonchev–Trinajstić information content (AvgIpc) is 3.70. The van der Waals surface area contributed by atoms with Crippen LogP contribution in [0.5, 0.6) is 5.75 Å². The average molecular weight is 855 g/mol. The van der Waals surface area contributed by atoms with E-state index in [1.807, 2.05) is 24.3 Å². The molecular formula is C47H54N10O6. The van der Waals surface area contributed by atoms with Crippen LogP contribution in [-0.4, -0.2) is 143 Å². The van der Waals surface area contributed by atoms with Crippen LogP contribution in [0.1, 0.15) is 64.8 Å². The number of phenols is 1. The fourth-order valence-electron chi connectivity index (χ4n) is 10.5. The number of ether oxygens (including phenoxy) is 1. The van der Waals surface area contributed by atoms with Gasteiger partial charge in [-0.05, 0) is 86.2 Å². The number of nitrogen functional groups attached to an aromatic ring is 1. The summed E-state index contributed by atoms with van der Waals surface area (Å²) >= 11 is 0. The summed E-state index contributed by atoms with van der Waals surface area (Å²) in [4.78, 5) is 63.8. The highest BCUT2D eigenvalue weighted by atomic mass is 16.5. The van der Waals surface area contributed by atoms with Gasteiger partial charge in [-0.2, -0.15) is 0 Å². The summed E-state index contributed by atoms with van der Waals surface area (Å²) in [7, 11) is 0. The molecule has 2 bridgehead atoms. The summed E-state index contributed by atoms with van der Waals surface area (Å²) in [6.45, 7) is 9.80. The second-order valence-electron chi connectivity index (χ2n) is 17.7. The quantitative estimate of drug-likeness (QED) is 0.187. The van der Waals surface area contributed by atoms with E-state index in [1.165, 1.54) is 11.3 Å². The van der Waals surface area contributed by atoms with Crippen LogP contribution in [0.25, 0.3) is 11.3 Å². The summed E-state index contributed by atoms with van der Waals surface area (Å²) in [5.41, 5.74) is 12.6. The Bertz CT molecular complexity index is 2400. The Morgan fingerprint density at radius 3 is 2.22 bits per heavy atom. The van der Waals surface area contributed by atoms with Crippen molar-refractivity contribution in [2.45, 2.75) is 69.3 Å². The molecule has 0 saturated carbocycles. The van der Waals surface area contributed by atoms with Crippen molar-refractivity contribution < 1.29 is 29.0 Å². The molecule has 3 aromatic carbocycles. The number of para-hydroxylation sites is 1. The van der Waals surface area contributed by atoms with Gasteiger partial charge in [0.2, 0.25) is 11.8 Å². The van der Waals surface area contributed by atoms with Gasteiger partial charge in [0, 0.05) is 101 Å². The Kier molecular flexibility index (Phi) is 11.2. The maximum Gasteiger partial charge on any atom is 0.262 e. The molecule has 4 N–H and O–H groups in total. The molecular weight excluding hydrogens is 801 g/mol. The zero-order chi connectivity index (χ0) is 43.2. The van der Waals surface area contributed by atoms with Crippen molar-refractivity contribution in [2.24, 2.45) is 0 Å². The number of hydrogen-bond donors (Lipinski definition) is 3. The first-order chi connectivity index (χ1) is 30.7. The van der Waals surface area contributed by atoms with Gasteiger partial charge in [-0.15, -0.1) is 10.2 Å². The Balaban J connectivity index is 0.664. The first-order valence-electron chi connectivity index (χ1n) is 22.4. The van der Waals surface area contributed by atoms with Crippen molar-refractivity contribution in [1.82, 2.24) is 30.2 Å². The first kappa shape index (κ1) is 40.9. The number of rotatable bonds is 11. The van der Waals surface area contributed by atoms with Crippen molar-refractivity contribution >= 4 is 46.5 Å². The molecule has 1 aromatic heterocycles. The largest absolute Gasteiger partial charge is 0.507 e. The number of nitrogens with two attached hydrogens (primary N) is 1. The highest BCUT2D eigenvalue weighted by molar-refractivity contribution is 6.23. The second-order valence-corrected chi connectivity index (χ2v) is 17.7. The molecule has 5 fully saturated rings. The Morgan fingerprint density at radius 1 is 0.714 bits per heavy atom. The minimum atomic E-state index is -0.970. The highest BCUT2D eigenvalue weighted by Gasteiger charge is 2.45. The van der Waals surface area contributed by atoms with E-state index in [4.69, 9.17) is 10.5 Å². The van der Waals surface area contributed by atoms with Crippen molar-refractivity contribution in [3.05, 3.63) is 89.5 Å². The lowest BCUT2D eigenvalue weighted by Crippen LogP contribution is -2.54. The maximum atomic E-state index is 13.3. The number of fused-ring (bicyclic) bond motifs is 3. The van der Waals surface area contributed by atoms with E-state index in [2.05, 4.69) is 64.3 Å². The number of hydrogen-bond acceptors (Lipinski definition) is 14. The smallest absolute Gasteiger partial charge is 0.262 e. The van der Waals surface area contributed by atoms with E-state index in [9.17, 15) is 24.3 Å². The molecule has 0 aliphatic carbocycles. The lowest BCUT2D eigenvalue weighted by atomic mass is 10.0. The molecule has 0 spiro atoms. The van der Waals surface area contributed by atoms with Gasteiger partial charge in [-0.1, -0.05) is 24.3 Å². The van der Waals surface area contributed by atoms with Crippen molar-refractivity contribution in [1.29, 1.82) is 0 Å². The van der Waals surface area contributed by atoms with Gasteiger partial charge in [-0.3, -0.25) is 39.2 Å². The van der Waals surface area contributed by atoms with Gasteiger partial charge in [0.15, 0.2) is 5.82 Å². The third kappa shape index (κ3) is 8.18. The third-order valence-electron chi connectivity index (χ3n) is 13.9. The molecule has 0 radical (unpaired) electrons. The number of aromatic hydroxyl groups is 1. The molecule has 4 amide bonds. The first-order valence-corrected chi connectivity index (χ1v) is 22.4. The van der Waals surface area contributed by atoms with E-state index in [0.29, 0.717) is 46.9 Å². The van der Waals surface area contributed by atoms with Gasteiger partial charge >= 0.3 is 0 Å². The lowest BCUT2D eigenvalue weighted by Gasteiger charge is -2.43. The number of amides is 4. The molecule has 16 heteroatoms. The zero-order valence-corrected chi connectivity index (χ0v) is 35.4. The number of nitrogens with one attached hydrogen (secondary N) is 1. The number of piperidine rings is 2. The van der Waals surface area contributed by atoms with Gasteiger partial charge in [-0.25, -0.2) is 0 Å². The molecule has 6 aliphatic rings. The van der Waals surface area contributed by atoms with Crippen LogP contribution in [0.2, 0.25) is 0 Å². The van der Waals surface area contributed by atoms with Crippen LogP contribution < -0.4 is 25.8 Å². The number of benzene rings is 3.